The average molecular weight is 398 g/mol. The fraction of sp³-hybridized carbons (Fsp3) is 0.174. The van der Waals surface area contributed by atoms with Crippen LogP contribution in [0.2, 0.25) is 0 Å². The highest BCUT2D eigenvalue weighted by atomic mass is 19.3. The first-order chi connectivity index (χ1) is 14.0. The molecule has 150 valence electrons. The Labute approximate surface area is 167 Å². The molecule has 0 fully saturated rings. The van der Waals surface area contributed by atoms with E-state index in [2.05, 4.69) is 11.7 Å². The molecule has 0 spiro atoms. The molecule has 2 aromatic carbocycles. The highest BCUT2D eigenvalue weighted by Crippen LogP contribution is 2.18. The van der Waals surface area contributed by atoms with Gasteiger partial charge in [-0.3, -0.25) is 4.79 Å². The molecule has 0 bridgehead atoms. The van der Waals surface area contributed by atoms with Gasteiger partial charge in [0.1, 0.15) is 29.6 Å². The Balaban J connectivity index is 1.54. The van der Waals surface area contributed by atoms with Crippen LogP contribution in [0.1, 0.15) is 34.4 Å². The number of hydrogen-bond acceptors (Lipinski definition) is 4. The summed E-state index contributed by atoms with van der Waals surface area (Å²) in [5.74, 6) is 1.62. The summed E-state index contributed by atoms with van der Waals surface area (Å²) in [7, 11) is 0. The number of ketones is 1. The van der Waals surface area contributed by atoms with Crippen molar-refractivity contribution in [1.82, 2.24) is 0 Å². The molecule has 0 aliphatic carbocycles. The van der Waals surface area contributed by atoms with Gasteiger partial charge in [0, 0.05) is 5.56 Å². The van der Waals surface area contributed by atoms with Crippen LogP contribution in [0.5, 0.6) is 11.5 Å². The van der Waals surface area contributed by atoms with Gasteiger partial charge in [-0.25, -0.2) is 0 Å². The molecule has 3 rings (SSSR count). The number of allylic oxidation sites excluding steroid dienone is 1. The summed E-state index contributed by atoms with van der Waals surface area (Å²) in [5, 5.41) is 0. The van der Waals surface area contributed by atoms with E-state index in [9.17, 15) is 13.6 Å². The first-order valence-corrected chi connectivity index (χ1v) is 9.11. The standard InChI is InChI=1S/C23H20F2O4/c1-2-16-3-7-18(8-4-16)27-15-21-12-11-19(28-21)13-14-22(26)17-5-9-20(10-6-17)29-23(24)25/h3-14,23H,2,15H2,1H3/b14-13+. The second-order valence-corrected chi connectivity index (χ2v) is 6.19. The lowest BCUT2D eigenvalue weighted by Gasteiger charge is -2.04. The summed E-state index contributed by atoms with van der Waals surface area (Å²) < 4.78 is 39.9. The third kappa shape index (κ3) is 6.04. The summed E-state index contributed by atoms with van der Waals surface area (Å²) in [5.41, 5.74) is 1.59. The summed E-state index contributed by atoms with van der Waals surface area (Å²) in [6, 6.07) is 16.9. The molecular formula is C23H20F2O4. The summed E-state index contributed by atoms with van der Waals surface area (Å²) in [6.45, 7) is -0.530. The monoisotopic (exact) mass is 398 g/mol. The Kier molecular flexibility index (Phi) is 6.79. The molecule has 0 amide bonds. The van der Waals surface area contributed by atoms with E-state index in [-0.39, 0.29) is 18.1 Å². The van der Waals surface area contributed by atoms with Crippen molar-refractivity contribution in [3.63, 3.8) is 0 Å². The molecule has 0 unspecified atom stereocenters. The molecule has 29 heavy (non-hydrogen) atoms. The fourth-order valence-electron chi connectivity index (χ4n) is 2.59. The molecule has 1 heterocycles. The van der Waals surface area contributed by atoms with Crippen LogP contribution in [0, 0.1) is 0 Å². The number of ether oxygens (including phenoxy) is 2. The lowest BCUT2D eigenvalue weighted by Crippen LogP contribution is -2.02. The second-order valence-electron chi connectivity index (χ2n) is 6.19. The molecule has 0 saturated carbocycles. The van der Waals surface area contributed by atoms with E-state index in [1.807, 2.05) is 24.3 Å². The zero-order chi connectivity index (χ0) is 20.6. The van der Waals surface area contributed by atoms with Gasteiger partial charge in [0.15, 0.2) is 5.78 Å². The van der Waals surface area contributed by atoms with Gasteiger partial charge in [0.05, 0.1) is 0 Å². The zero-order valence-corrected chi connectivity index (χ0v) is 15.8. The molecule has 3 aromatic rings. The number of rotatable bonds is 9. The third-order valence-corrected chi connectivity index (χ3v) is 4.16. The minimum absolute atomic E-state index is 0.000500. The van der Waals surface area contributed by atoms with Gasteiger partial charge < -0.3 is 13.9 Å². The number of furan rings is 1. The quantitative estimate of drug-likeness (QED) is 0.332. The van der Waals surface area contributed by atoms with Crippen LogP contribution in [0.15, 0.2) is 71.2 Å². The number of alkyl halides is 2. The van der Waals surface area contributed by atoms with Crippen LogP contribution in [0.3, 0.4) is 0 Å². The largest absolute Gasteiger partial charge is 0.486 e. The van der Waals surface area contributed by atoms with Crippen LogP contribution in [-0.2, 0) is 13.0 Å². The van der Waals surface area contributed by atoms with Crippen molar-refractivity contribution in [3.05, 3.63) is 89.4 Å². The molecule has 0 aliphatic heterocycles. The van der Waals surface area contributed by atoms with E-state index in [1.165, 1.54) is 35.9 Å². The SMILES string of the molecule is CCc1ccc(OCc2ccc(/C=C/C(=O)c3ccc(OC(F)F)cc3)o2)cc1. The van der Waals surface area contributed by atoms with Crippen LogP contribution in [0.4, 0.5) is 8.78 Å². The molecule has 0 radical (unpaired) electrons. The number of aryl methyl sites for hydroxylation is 1. The van der Waals surface area contributed by atoms with E-state index in [4.69, 9.17) is 9.15 Å². The normalized spacial score (nSPS) is 11.2. The van der Waals surface area contributed by atoms with Crippen LogP contribution in [-0.4, -0.2) is 12.4 Å². The van der Waals surface area contributed by atoms with Gasteiger partial charge in [0.2, 0.25) is 0 Å². The Hall–Kier alpha value is -3.41. The van der Waals surface area contributed by atoms with Gasteiger partial charge in [-0.15, -0.1) is 0 Å². The van der Waals surface area contributed by atoms with Crippen molar-refractivity contribution < 1.29 is 27.5 Å². The van der Waals surface area contributed by atoms with Crippen molar-refractivity contribution >= 4 is 11.9 Å². The van der Waals surface area contributed by atoms with E-state index in [1.54, 1.807) is 18.2 Å². The zero-order valence-electron chi connectivity index (χ0n) is 15.8. The maximum atomic E-state index is 12.2. The Bertz CT molecular complexity index is 957. The first-order valence-electron chi connectivity index (χ1n) is 9.11. The Morgan fingerprint density at radius 3 is 2.34 bits per heavy atom. The minimum Gasteiger partial charge on any atom is -0.486 e. The van der Waals surface area contributed by atoms with Crippen molar-refractivity contribution in [2.45, 2.75) is 26.6 Å². The number of hydrogen-bond donors (Lipinski definition) is 0. The van der Waals surface area contributed by atoms with Crippen molar-refractivity contribution in [2.24, 2.45) is 0 Å². The second kappa shape index (κ2) is 9.68. The van der Waals surface area contributed by atoms with Gasteiger partial charge in [-0.05, 0) is 72.7 Å². The maximum Gasteiger partial charge on any atom is 0.387 e. The summed E-state index contributed by atoms with van der Waals surface area (Å²) in [4.78, 5) is 12.2. The van der Waals surface area contributed by atoms with E-state index in [0.717, 1.165) is 12.2 Å². The number of carbonyl (C=O) groups excluding carboxylic acids is 1. The average Bonchev–Trinajstić information content (AvgIpc) is 3.19. The predicted molar refractivity (Wildman–Crippen MR) is 105 cm³/mol. The lowest BCUT2D eigenvalue weighted by atomic mass is 10.1. The van der Waals surface area contributed by atoms with Crippen LogP contribution >= 0.6 is 0 Å². The Morgan fingerprint density at radius 2 is 1.69 bits per heavy atom. The van der Waals surface area contributed by atoms with Crippen LogP contribution in [0.25, 0.3) is 6.08 Å². The lowest BCUT2D eigenvalue weighted by molar-refractivity contribution is -0.0498. The molecule has 1 aromatic heterocycles. The molecule has 0 N–H and O–H groups in total. The van der Waals surface area contributed by atoms with Gasteiger partial charge in [0.25, 0.3) is 0 Å². The summed E-state index contributed by atoms with van der Waals surface area (Å²) >= 11 is 0. The smallest absolute Gasteiger partial charge is 0.387 e. The molecule has 4 nitrogen and oxygen atoms in total. The molecule has 0 saturated heterocycles. The number of halogens is 2. The molecule has 6 heteroatoms. The number of benzene rings is 2. The van der Waals surface area contributed by atoms with Gasteiger partial charge in [-0.1, -0.05) is 19.1 Å². The summed E-state index contributed by atoms with van der Waals surface area (Å²) in [6.07, 6.45) is 3.88. The minimum atomic E-state index is -2.90. The fourth-order valence-corrected chi connectivity index (χ4v) is 2.59. The van der Waals surface area contributed by atoms with Crippen molar-refractivity contribution in [3.8, 4) is 11.5 Å². The first kappa shape index (κ1) is 20.3. The van der Waals surface area contributed by atoms with E-state index >= 15 is 0 Å². The van der Waals surface area contributed by atoms with Gasteiger partial charge in [-0.2, -0.15) is 8.78 Å². The van der Waals surface area contributed by atoms with Crippen molar-refractivity contribution in [2.75, 3.05) is 0 Å². The van der Waals surface area contributed by atoms with Crippen LogP contribution < -0.4 is 9.47 Å². The predicted octanol–water partition coefficient (Wildman–Crippen LogP) is 5.92. The molecule has 0 atom stereocenters. The van der Waals surface area contributed by atoms with Crippen molar-refractivity contribution in [1.29, 1.82) is 0 Å². The highest BCUT2D eigenvalue weighted by molar-refractivity contribution is 6.06. The van der Waals surface area contributed by atoms with E-state index < -0.39 is 6.61 Å². The molecule has 0 aliphatic rings. The van der Waals surface area contributed by atoms with E-state index in [0.29, 0.717) is 17.1 Å². The topological polar surface area (TPSA) is 48.7 Å². The Morgan fingerprint density at radius 1 is 1.00 bits per heavy atom. The third-order valence-electron chi connectivity index (χ3n) is 4.16. The number of carbonyl (C=O) groups is 1. The van der Waals surface area contributed by atoms with Gasteiger partial charge >= 0.3 is 6.61 Å². The maximum absolute atomic E-state index is 12.2. The molecular weight excluding hydrogens is 378 g/mol. The highest BCUT2D eigenvalue weighted by Gasteiger charge is 2.07.